The van der Waals surface area contributed by atoms with E-state index in [4.69, 9.17) is 4.42 Å². The average Bonchev–Trinajstić information content (AvgIpc) is 2.95. The van der Waals surface area contributed by atoms with Crippen molar-refractivity contribution >= 4 is 10.0 Å². The zero-order valence-electron chi connectivity index (χ0n) is 12.1. The maximum Gasteiger partial charge on any atom is 0.276 e. The van der Waals surface area contributed by atoms with E-state index < -0.39 is 10.0 Å². The minimum Gasteiger partial charge on any atom is -0.447 e. The topological polar surface area (TPSA) is 75.4 Å². The zero-order chi connectivity index (χ0) is 15.3. The van der Waals surface area contributed by atoms with Crippen LogP contribution in [0.2, 0.25) is 0 Å². The Hall–Kier alpha value is -1.70. The first-order valence-electron chi connectivity index (χ1n) is 6.69. The van der Waals surface area contributed by atoms with Crippen LogP contribution in [0.25, 0.3) is 0 Å². The highest BCUT2D eigenvalue weighted by molar-refractivity contribution is 7.88. The molecule has 7 heteroatoms. The van der Waals surface area contributed by atoms with Gasteiger partial charge in [-0.1, -0.05) is 13.0 Å². The van der Waals surface area contributed by atoms with E-state index in [0.29, 0.717) is 18.0 Å². The molecule has 6 nitrogen and oxygen atoms in total. The predicted octanol–water partition coefficient (Wildman–Crippen LogP) is 1.60. The molecule has 21 heavy (non-hydrogen) atoms. The van der Waals surface area contributed by atoms with Gasteiger partial charge in [-0.05, 0) is 30.8 Å². The molecule has 0 aliphatic carbocycles. The quantitative estimate of drug-likeness (QED) is 0.841. The average molecular weight is 309 g/mol. The summed E-state index contributed by atoms with van der Waals surface area (Å²) >= 11 is 0. The van der Waals surface area contributed by atoms with Gasteiger partial charge < -0.3 is 9.73 Å². The molecule has 0 unspecified atom stereocenters. The van der Waals surface area contributed by atoms with Crippen molar-refractivity contribution in [3.63, 3.8) is 0 Å². The van der Waals surface area contributed by atoms with Gasteiger partial charge in [0.05, 0.1) is 18.8 Å². The molecule has 1 N–H and O–H groups in total. The van der Waals surface area contributed by atoms with E-state index >= 15 is 0 Å². The van der Waals surface area contributed by atoms with Crippen LogP contribution >= 0.6 is 0 Å². The van der Waals surface area contributed by atoms with Crippen LogP contribution in [0.15, 0.2) is 46.0 Å². The highest BCUT2D eigenvalue weighted by Gasteiger charge is 2.24. The lowest BCUT2D eigenvalue weighted by molar-refractivity contribution is 0.379. The van der Waals surface area contributed by atoms with Crippen molar-refractivity contribution < 1.29 is 12.8 Å². The molecule has 2 aromatic rings. The molecule has 0 radical (unpaired) electrons. The van der Waals surface area contributed by atoms with E-state index in [0.717, 1.165) is 6.54 Å². The summed E-state index contributed by atoms with van der Waals surface area (Å²) in [7, 11) is -2.13. The summed E-state index contributed by atoms with van der Waals surface area (Å²) < 4.78 is 31.4. The number of sulfonamides is 1. The van der Waals surface area contributed by atoms with Gasteiger partial charge in [-0.15, -0.1) is 0 Å². The number of hydrogen-bond acceptors (Lipinski definition) is 5. The zero-order valence-corrected chi connectivity index (χ0v) is 12.9. The van der Waals surface area contributed by atoms with E-state index in [9.17, 15) is 8.42 Å². The fourth-order valence-electron chi connectivity index (χ4n) is 1.80. The Balaban J connectivity index is 2.11. The first-order valence-corrected chi connectivity index (χ1v) is 8.13. The molecule has 0 saturated carbocycles. The Bertz CT molecular complexity index is 668. The monoisotopic (exact) mass is 309 g/mol. The van der Waals surface area contributed by atoms with Crippen molar-refractivity contribution in [1.82, 2.24) is 14.6 Å². The number of rotatable bonds is 7. The van der Waals surface area contributed by atoms with Crippen LogP contribution in [-0.4, -0.2) is 31.3 Å². The van der Waals surface area contributed by atoms with Crippen LogP contribution in [0.4, 0.5) is 0 Å². The second-order valence-electron chi connectivity index (χ2n) is 4.58. The Morgan fingerprint density at radius 1 is 1.29 bits per heavy atom. The molecule has 2 heterocycles. The largest absolute Gasteiger partial charge is 0.447 e. The molecule has 0 aliphatic heterocycles. The third-order valence-corrected chi connectivity index (χ3v) is 4.64. The number of nitrogens with zero attached hydrogens (tertiary/aromatic N) is 2. The number of furan rings is 1. The number of aromatic nitrogens is 1. The van der Waals surface area contributed by atoms with E-state index in [1.54, 1.807) is 24.4 Å². The SMILES string of the molecule is CCNCc1ccc(S(=O)(=O)N(C)Cc2ccccn2)o1. The molecule has 0 aromatic carbocycles. The van der Waals surface area contributed by atoms with Crippen molar-refractivity contribution in [2.24, 2.45) is 0 Å². The number of nitrogens with one attached hydrogen (secondary N) is 1. The summed E-state index contributed by atoms with van der Waals surface area (Å²) in [5.41, 5.74) is 0.683. The van der Waals surface area contributed by atoms with Crippen molar-refractivity contribution in [2.75, 3.05) is 13.6 Å². The van der Waals surface area contributed by atoms with Crippen molar-refractivity contribution in [3.05, 3.63) is 48.0 Å². The Labute approximate surface area is 124 Å². The Morgan fingerprint density at radius 3 is 2.76 bits per heavy atom. The maximum absolute atomic E-state index is 12.4. The molecule has 0 bridgehead atoms. The molecule has 0 spiro atoms. The lowest BCUT2D eigenvalue weighted by Crippen LogP contribution is -2.26. The van der Waals surface area contributed by atoms with Crippen molar-refractivity contribution in [1.29, 1.82) is 0 Å². The highest BCUT2D eigenvalue weighted by atomic mass is 32.2. The lowest BCUT2D eigenvalue weighted by Gasteiger charge is -2.14. The van der Waals surface area contributed by atoms with Gasteiger partial charge in [0.15, 0.2) is 0 Å². The summed E-state index contributed by atoms with van der Waals surface area (Å²) in [4.78, 5) is 4.12. The third-order valence-electron chi connectivity index (χ3n) is 2.96. The number of hydrogen-bond donors (Lipinski definition) is 1. The van der Waals surface area contributed by atoms with Gasteiger partial charge in [-0.2, -0.15) is 4.31 Å². The second kappa shape index (κ2) is 6.84. The molecule has 0 atom stereocenters. The lowest BCUT2D eigenvalue weighted by atomic mass is 10.3. The first kappa shape index (κ1) is 15.7. The minimum atomic E-state index is -3.64. The van der Waals surface area contributed by atoms with E-state index in [2.05, 4.69) is 10.3 Å². The molecule has 2 rings (SSSR count). The van der Waals surface area contributed by atoms with Gasteiger partial charge >= 0.3 is 0 Å². The van der Waals surface area contributed by atoms with Gasteiger partial charge in [0.2, 0.25) is 5.09 Å². The first-order chi connectivity index (χ1) is 10.0. The molecule has 0 fully saturated rings. The van der Waals surface area contributed by atoms with Crippen LogP contribution in [-0.2, 0) is 23.1 Å². The van der Waals surface area contributed by atoms with Crippen LogP contribution in [0.3, 0.4) is 0 Å². The van der Waals surface area contributed by atoms with Crippen molar-refractivity contribution in [3.8, 4) is 0 Å². The van der Waals surface area contributed by atoms with Crippen LogP contribution in [0.5, 0.6) is 0 Å². The molecule has 114 valence electrons. The van der Waals surface area contributed by atoms with Gasteiger partial charge in [0.25, 0.3) is 10.0 Å². The van der Waals surface area contributed by atoms with Gasteiger partial charge in [-0.3, -0.25) is 4.98 Å². The molecule has 0 aliphatic rings. The normalized spacial score (nSPS) is 12.0. The van der Waals surface area contributed by atoms with Gasteiger partial charge in [-0.25, -0.2) is 8.42 Å². The molecule has 0 amide bonds. The minimum absolute atomic E-state index is 0.0474. The predicted molar refractivity (Wildman–Crippen MR) is 79.0 cm³/mol. The smallest absolute Gasteiger partial charge is 0.276 e. The third kappa shape index (κ3) is 3.90. The maximum atomic E-state index is 12.4. The molecular weight excluding hydrogens is 290 g/mol. The fourth-order valence-corrected chi connectivity index (χ4v) is 2.86. The van der Waals surface area contributed by atoms with E-state index in [1.807, 2.05) is 13.0 Å². The molecule has 0 saturated heterocycles. The van der Waals surface area contributed by atoms with Crippen LogP contribution in [0.1, 0.15) is 18.4 Å². The summed E-state index contributed by atoms with van der Waals surface area (Å²) in [6, 6.07) is 8.55. The van der Waals surface area contributed by atoms with Gasteiger partial charge in [0.1, 0.15) is 5.76 Å². The Kier molecular flexibility index (Phi) is 5.11. The second-order valence-corrected chi connectivity index (χ2v) is 6.56. The van der Waals surface area contributed by atoms with Crippen LogP contribution in [0, 0.1) is 0 Å². The van der Waals surface area contributed by atoms with Crippen LogP contribution < -0.4 is 5.32 Å². The summed E-state index contributed by atoms with van der Waals surface area (Å²) in [6.45, 7) is 3.48. The number of pyridine rings is 1. The molecule has 2 aromatic heterocycles. The summed E-state index contributed by atoms with van der Waals surface area (Å²) in [6.07, 6.45) is 1.64. The molecular formula is C14H19N3O3S. The van der Waals surface area contributed by atoms with E-state index in [1.165, 1.54) is 17.4 Å². The highest BCUT2D eigenvalue weighted by Crippen LogP contribution is 2.19. The van der Waals surface area contributed by atoms with E-state index in [-0.39, 0.29) is 11.6 Å². The van der Waals surface area contributed by atoms with Gasteiger partial charge in [0, 0.05) is 13.2 Å². The fraction of sp³-hybridized carbons (Fsp3) is 0.357. The summed E-state index contributed by atoms with van der Waals surface area (Å²) in [5, 5.41) is 3.04. The van der Waals surface area contributed by atoms with Crippen molar-refractivity contribution in [2.45, 2.75) is 25.1 Å². The Morgan fingerprint density at radius 2 is 2.10 bits per heavy atom. The standard InChI is InChI=1S/C14H19N3O3S/c1-3-15-10-13-7-8-14(20-13)21(18,19)17(2)11-12-6-4-5-9-16-12/h4-9,15H,3,10-11H2,1-2H3. The summed E-state index contributed by atoms with van der Waals surface area (Å²) in [5.74, 6) is 0.599.